The highest BCUT2D eigenvalue weighted by molar-refractivity contribution is 7.91. The van der Waals surface area contributed by atoms with Gasteiger partial charge in [0, 0.05) is 31.4 Å². The maximum absolute atomic E-state index is 13.4. The van der Waals surface area contributed by atoms with Gasteiger partial charge >= 0.3 is 6.18 Å². The highest BCUT2D eigenvalue weighted by atomic mass is 32.2. The molecular formula is C17H16F3N3O2S2. The van der Waals surface area contributed by atoms with Gasteiger partial charge in [-0.05, 0) is 36.6 Å². The molecule has 27 heavy (non-hydrogen) atoms. The predicted molar refractivity (Wildman–Crippen MR) is 96.0 cm³/mol. The van der Waals surface area contributed by atoms with Gasteiger partial charge in [-0.25, -0.2) is 8.42 Å². The number of thiophene rings is 1. The van der Waals surface area contributed by atoms with Gasteiger partial charge in [-0.1, -0.05) is 6.07 Å². The standard InChI is InChI=1S/C17H16F3N3O2S2/c1-12-11-22(6-7-23(12)27(24,25)16-3-2-8-26-16)15-5-4-13(10-21)9-14(15)17(18,19)20/h2-5,8-9,12H,6-7,11H2,1H3/t12-/m1/s1. The fraction of sp³-hybridized carbons (Fsp3) is 0.353. The van der Waals surface area contributed by atoms with E-state index in [9.17, 15) is 21.6 Å². The zero-order chi connectivity index (χ0) is 19.8. The minimum Gasteiger partial charge on any atom is -0.368 e. The topological polar surface area (TPSA) is 64.4 Å². The summed E-state index contributed by atoms with van der Waals surface area (Å²) in [6.45, 7) is 2.01. The fourth-order valence-electron chi connectivity index (χ4n) is 3.15. The molecule has 0 bridgehead atoms. The van der Waals surface area contributed by atoms with E-state index < -0.39 is 27.8 Å². The van der Waals surface area contributed by atoms with E-state index in [1.165, 1.54) is 27.4 Å². The minimum atomic E-state index is -4.61. The van der Waals surface area contributed by atoms with Crippen molar-refractivity contribution in [1.29, 1.82) is 5.26 Å². The second-order valence-electron chi connectivity index (χ2n) is 6.18. The van der Waals surface area contributed by atoms with Crippen LogP contribution in [0, 0.1) is 11.3 Å². The Morgan fingerprint density at radius 1 is 1.26 bits per heavy atom. The molecule has 144 valence electrons. The zero-order valence-corrected chi connectivity index (χ0v) is 15.9. The van der Waals surface area contributed by atoms with E-state index in [0.717, 1.165) is 17.4 Å². The minimum absolute atomic E-state index is 0.0403. The van der Waals surface area contributed by atoms with Gasteiger partial charge in [0.15, 0.2) is 0 Å². The number of nitrogens with zero attached hydrogens (tertiary/aromatic N) is 3. The molecule has 1 aliphatic rings. The van der Waals surface area contributed by atoms with E-state index in [4.69, 9.17) is 5.26 Å². The summed E-state index contributed by atoms with van der Waals surface area (Å²) in [6, 6.07) is 7.82. The van der Waals surface area contributed by atoms with Gasteiger partial charge in [0.1, 0.15) is 4.21 Å². The lowest BCUT2D eigenvalue weighted by molar-refractivity contribution is -0.137. The van der Waals surface area contributed by atoms with Gasteiger partial charge in [-0.15, -0.1) is 11.3 Å². The van der Waals surface area contributed by atoms with Crippen molar-refractivity contribution in [3.63, 3.8) is 0 Å². The van der Waals surface area contributed by atoms with Crippen LogP contribution in [0.1, 0.15) is 18.1 Å². The molecule has 1 aliphatic heterocycles. The predicted octanol–water partition coefficient (Wildman–Crippen LogP) is 3.54. The molecule has 0 radical (unpaired) electrons. The molecule has 2 aromatic rings. The maximum atomic E-state index is 13.4. The smallest absolute Gasteiger partial charge is 0.368 e. The summed E-state index contributed by atoms with van der Waals surface area (Å²) in [5.41, 5.74) is -0.997. The largest absolute Gasteiger partial charge is 0.418 e. The molecule has 2 heterocycles. The highest BCUT2D eigenvalue weighted by Crippen LogP contribution is 2.38. The molecule has 0 spiro atoms. The lowest BCUT2D eigenvalue weighted by Crippen LogP contribution is -2.54. The molecule has 5 nitrogen and oxygen atoms in total. The van der Waals surface area contributed by atoms with Crippen molar-refractivity contribution in [3.05, 3.63) is 46.8 Å². The average molecular weight is 415 g/mol. The van der Waals surface area contributed by atoms with Gasteiger partial charge in [-0.2, -0.15) is 22.7 Å². The van der Waals surface area contributed by atoms with Gasteiger partial charge in [0.25, 0.3) is 10.0 Å². The quantitative estimate of drug-likeness (QED) is 0.769. The van der Waals surface area contributed by atoms with Crippen molar-refractivity contribution in [2.24, 2.45) is 0 Å². The van der Waals surface area contributed by atoms with Crippen LogP contribution in [0.5, 0.6) is 0 Å². The van der Waals surface area contributed by atoms with E-state index in [0.29, 0.717) is 0 Å². The average Bonchev–Trinajstić information content (AvgIpc) is 3.15. The summed E-state index contributed by atoms with van der Waals surface area (Å²) >= 11 is 1.11. The second-order valence-corrected chi connectivity index (χ2v) is 9.25. The summed E-state index contributed by atoms with van der Waals surface area (Å²) in [5.74, 6) is 0. The third kappa shape index (κ3) is 3.81. The number of hydrogen-bond acceptors (Lipinski definition) is 5. The molecule has 1 aromatic carbocycles. The lowest BCUT2D eigenvalue weighted by Gasteiger charge is -2.40. The van der Waals surface area contributed by atoms with Gasteiger partial charge in [-0.3, -0.25) is 0 Å². The van der Waals surface area contributed by atoms with Crippen molar-refractivity contribution < 1.29 is 21.6 Å². The van der Waals surface area contributed by atoms with E-state index in [2.05, 4.69) is 0 Å². The fourth-order valence-corrected chi connectivity index (χ4v) is 5.88. The van der Waals surface area contributed by atoms with Crippen LogP contribution in [0.4, 0.5) is 18.9 Å². The number of piperazine rings is 1. The third-order valence-electron chi connectivity index (χ3n) is 4.40. The summed E-state index contributed by atoms with van der Waals surface area (Å²) < 4.78 is 67.3. The van der Waals surface area contributed by atoms with Crippen molar-refractivity contribution in [2.45, 2.75) is 23.4 Å². The van der Waals surface area contributed by atoms with E-state index in [-0.39, 0.29) is 35.1 Å². The molecule has 1 aromatic heterocycles. The Kier molecular flexibility index (Phi) is 5.20. The number of benzene rings is 1. The molecule has 0 amide bonds. The Morgan fingerprint density at radius 2 is 2.00 bits per heavy atom. The number of anilines is 1. The van der Waals surface area contributed by atoms with Crippen molar-refractivity contribution in [2.75, 3.05) is 24.5 Å². The lowest BCUT2D eigenvalue weighted by atomic mass is 10.1. The van der Waals surface area contributed by atoms with Gasteiger partial charge in [0.2, 0.25) is 0 Å². The SMILES string of the molecule is C[C@@H]1CN(c2ccc(C#N)cc2C(F)(F)F)CCN1S(=O)(=O)c1cccs1. The number of halogens is 3. The van der Waals surface area contributed by atoms with Crippen LogP contribution in [0.2, 0.25) is 0 Å². The van der Waals surface area contributed by atoms with E-state index >= 15 is 0 Å². The van der Waals surface area contributed by atoms with Gasteiger partial charge in [0.05, 0.1) is 17.2 Å². The molecule has 0 saturated carbocycles. The number of hydrogen-bond donors (Lipinski definition) is 0. The Labute approximate surface area is 159 Å². The first-order valence-corrected chi connectivity index (χ1v) is 10.4. The monoisotopic (exact) mass is 415 g/mol. The van der Waals surface area contributed by atoms with Crippen LogP contribution in [-0.2, 0) is 16.2 Å². The molecule has 1 atom stereocenters. The summed E-state index contributed by atoms with van der Waals surface area (Å²) in [5, 5.41) is 10.5. The normalized spacial score (nSPS) is 19.1. The van der Waals surface area contributed by atoms with Gasteiger partial charge < -0.3 is 4.90 Å². The van der Waals surface area contributed by atoms with Crippen molar-refractivity contribution >= 4 is 27.0 Å². The summed E-state index contributed by atoms with van der Waals surface area (Å²) in [6.07, 6.45) is -4.61. The van der Waals surface area contributed by atoms with Crippen molar-refractivity contribution in [1.82, 2.24) is 4.31 Å². The second kappa shape index (κ2) is 7.14. The van der Waals surface area contributed by atoms with Crippen LogP contribution in [-0.4, -0.2) is 38.4 Å². The van der Waals surface area contributed by atoms with Crippen LogP contribution >= 0.6 is 11.3 Å². The molecule has 1 saturated heterocycles. The van der Waals surface area contributed by atoms with Crippen LogP contribution in [0.15, 0.2) is 39.9 Å². The van der Waals surface area contributed by atoms with E-state index in [1.807, 2.05) is 0 Å². The summed E-state index contributed by atoms with van der Waals surface area (Å²) in [7, 11) is -3.66. The number of nitriles is 1. The molecule has 1 fully saturated rings. The molecule has 3 rings (SSSR count). The molecule has 10 heteroatoms. The van der Waals surface area contributed by atoms with E-state index in [1.54, 1.807) is 24.4 Å². The maximum Gasteiger partial charge on any atom is 0.418 e. The first kappa shape index (κ1) is 19.7. The number of alkyl halides is 3. The van der Waals surface area contributed by atoms with Crippen LogP contribution in [0.3, 0.4) is 0 Å². The first-order chi connectivity index (χ1) is 12.6. The Bertz CT molecular complexity index is 966. The van der Waals surface area contributed by atoms with Crippen LogP contribution in [0.25, 0.3) is 0 Å². The molecular weight excluding hydrogens is 399 g/mol. The Hall–Kier alpha value is -2.09. The Morgan fingerprint density at radius 3 is 2.56 bits per heavy atom. The highest BCUT2D eigenvalue weighted by Gasteiger charge is 2.39. The molecule has 0 N–H and O–H groups in total. The summed E-state index contributed by atoms with van der Waals surface area (Å²) in [4.78, 5) is 1.52. The zero-order valence-electron chi connectivity index (χ0n) is 14.3. The molecule has 0 unspecified atom stereocenters. The molecule has 0 aliphatic carbocycles. The number of rotatable bonds is 3. The van der Waals surface area contributed by atoms with Crippen molar-refractivity contribution in [3.8, 4) is 6.07 Å². The Balaban J connectivity index is 1.88. The van der Waals surface area contributed by atoms with Crippen LogP contribution < -0.4 is 4.90 Å². The first-order valence-electron chi connectivity index (χ1n) is 8.06. The number of sulfonamides is 1. The third-order valence-corrected chi connectivity index (χ3v) is 7.78.